The Kier molecular flexibility index (Phi) is 6.75. The number of nitrogens with one attached hydrogen (secondary N) is 3. The van der Waals surface area contributed by atoms with Gasteiger partial charge in [-0.05, 0) is 24.6 Å². The predicted octanol–water partition coefficient (Wildman–Crippen LogP) is 3.25. The first-order valence-electron chi connectivity index (χ1n) is 8.29. The number of para-hydroxylation sites is 1. The summed E-state index contributed by atoms with van der Waals surface area (Å²) in [5.74, 6) is -1.50. The second-order valence-corrected chi connectivity index (χ2v) is 6.00. The molecular weight excluding hydrogens is 393 g/mol. The van der Waals surface area contributed by atoms with E-state index in [0.717, 1.165) is 0 Å². The zero-order valence-electron chi connectivity index (χ0n) is 15.2. The Morgan fingerprint density at radius 3 is 2.45 bits per heavy atom. The number of nitro groups is 1. The molecule has 0 fully saturated rings. The summed E-state index contributed by atoms with van der Waals surface area (Å²) in [5.41, 5.74) is 0.776. The van der Waals surface area contributed by atoms with Crippen molar-refractivity contribution >= 4 is 28.9 Å². The Balaban J connectivity index is 2.03. The number of hydrogen-bond donors (Lipinski definition) is 3. The highest BCUT2D eigenvalue weighted by molar-refractivity contribution is 6.01. The maximum absolute atomic E-state index is 12.3. The van der Waals surface area contributed by atoms with Crippen LogP contribution in [0.3, 0.4) is 0 Å². The van der Waals surface area contributed by atoms with Crippen molar-refractivity contribution in [3.63, 3.8) is 0 Å². The van der Waals surface area contributed by atoms with E-state index >= 15 is 0 Å². The van der Waals surface area contributed by atoms with Gasteiger partial charge < -0.3 is 16.0 Å². The Morgan fingerprint density at radius 2 is 1.79 bits per heavy atom. The van der Waals surface area contributed by atoms with Gasteiger partial charge >= 0.3 is 6.18 Å². The summed E-state index contributed by atoms with van der Waals surface area (Å²) >= 11 is 0. The van der Waals surface area contributed by atoms with E-state index in [0.29, 0.717) is 5.56 Å². The van der Waals surface area contributed by atoms with Gasteiger partial charge in [-0.15, -0.1) is 0 Å². The SMILES string of the molecule is Cc1ccc([N+](=O)[O-])cc1NC(=O)CNc1ccccc1C(=O)NCC(F)(F)F. The van der Waals surface area contributed by atoms with Crippen molar-refractivity contribution in [2.75, 3.05) is 23.7 Å². The second kappa shape index (κ2) is 9.04. The van der Waals surface area contributed by atoms with E-state index in [2.05, 4.69) is 10.6 Å². The first-order valence-corrected chi connectivity index (χ1v) is 8.29. The summed E-state index contributed by atoms with van der Waals surface area (Å²) in [6, 6.07) is 9.78. The lowest BCUT2D eigenvalue weighted by Crippen LogP contribution is -2.34. The van der Waals surface area contributed by atoms with Crippen LogP contribution >= 0.6 is 0 Å². The molecule has 0 spiro atoms. The molecule has 2 rings (SSSR count). The quantitative estimate of drug-likeness (QED) is 0.479. The standard InChI is InChI=1S/C18H17F3N4O4/c1-11-6-7-12(25(28)29)8-15(11)24-16(26)9-22-14-5-3-2-4-13(14)17(27)23-10-18(19,20)21/h2-8,22H,9-10H2,1H3,(H,23,27)(H,24,26). The molecule has 0 unspecified atom stereocenters. The molecule has 2 aromatic carbocycles. The number of alkyl halides is 3. The largest absolute Gasteiger partial charge is 0.405 e. The zero-order chi connectivity index (χ0) is 21.6. The van der Waals surface area contributed by atoms with Crippen LogP contribution in [0.25, 0.3) is 0 Å². The van der Waals surface area contributed by atoms with Gasteiger partial charge in [-0.2, -0.15) is 13.2 Å². The molecule has 0 aliphatic heterocycles. The Labute approximate surface area is 163 Å². The van der Waals surface area contributed by atoms with Crippen LogP contribution in [-0.2, 0) is 4.79 Å². The van der Waals surface area contributed by atoms with Crippen molar-refractivity contribution < 1.29 is 27.7 Å². The molecule has 29 heavy (non-hydrogen) atoms. The van der Waals surface area contributed by atoms with Crippen molar-refractivity contribution in [2.45, 2.75) is 13.1 Å². The number of nitrogens with zero attached hydrogens (tertiary/aromatic N) is 1. The fourth-order valence-electron chi connectivity index (χ4n) is 2.34. The van der Waals surface area contributed by atoms with Crippen molar-refractivity contribution in [1.82, 2.24) is 5.32 Å². The molecule has 0 radical (unpaired) electrons. The first kappa shape index (κ1) is 21.7. The highest BCUT2D eigenvalue weighted by atomic mass is 19.4. The molecule has 3 N–H and O–H groups in total. The van der Waals surface area contributed by atoms with Crippen LogP contribution < -0.4 is 16.0 Å². The Morgan fingerprint density at radius 1 is 1.10 bits per heavy atom. The number of nitro benzene ring substituents is 1. The number of benzene rings is 2. The highest BCUT2D eigenvalue weighted by Gasteiger charge is 2.28. The maximum atomic E-state index is 12.3. The molecule has 0 aromatic heterocycles. The van der Waals surface area contributed by atoms with Gasteiger partial charge in [0.05, 0.1) is 22.7 Å². The monoisotopic (exact) mass is 410 g/mol. The third-order valence-corrected chi connectivity index (χ3v) is 3.77. The van der Waals surface area contributed by atoms with Gasteiger partial charge in [-0.3, -0.25) is 19.7 Å². The van der Waals surface area contributed by atoms with E-state index in [1.807, 2.05) is 0 Å². The molecular formula is C18H17F3N4O4. The van der Waals surface area contributed by atoms with Gasteiger partial charge in [-0.25, -0.2) is 0 Å². The molecule has 0 heterocycles. The zero-order valence-corrected chi connectivity index (χ0v) is 15.2. The van der Waals surface area contributed by atoms with Crippen LogP contribution in [0.1, 0.15) is 15.9 Å². The normalized spacial score (nSPS) is 10.9. The molecule has 2 aromatic rings. The summed E-state index contributed by atoms with van der Waals surface area (Å²) in [5, 5.41) is 17.8. The van der Waals surface area contributed by atoms with Gasteiger partial charge in [0.15, 0.2) is 0 Å². The minimum atomic E-state index is -4.55. The van der Waals surface area contributed by atoms with E-state index < -0.39 is 29.5 Å². The van der Waals surface area contributed by atoms with Gasteiger partial charge in [0, 0.05) is 17.8 Å². The van der Waals surface area contributed by atoms with Gasteiger partial charge in [-0.1, -0.05) is 18.2 Å². The number of hydrogen-bond acceptors (Lipinski definition) is 5. The minimum Gasteiger partial charge on any atom is -0.376 e. The average Bonchev–Trinajstić information content (AvgIpc) is 2.65. The van der Waals surface area contributed by atoms with E-state index in [1.165, 1.54) is 36.4 Å². The Bertz CT molecular complexity index is 932. The average molecular weight is 410 g/mol. The summed E-state index contributed by atoms with van der Waals surface area (Å²) in [4.78, 5) is 34.4. The molecule has 8 nitrogen and oxygen atoms in total. The van der Waals surface area contributed by atoms with Crippen LogP contribution in [0, 0.1) is 17.0 Å². The number of halogens is 3. The number of amides is 2. The molecule has 0 aliphatic carbocycles. The second-order valence-electron chi connectivity index (χ2n) is 6.00. The fourth-order valence-corrected chi connectivity index (χ4v) is 2.34. The lowest BCUT2D eigenvalue weighted by atomic mass is 10.1. The third kappa shape index (κ3) is 6.48. The summed E-state index contributed by atoms with van der Waals surface area (Å²) < 4.78 is 36.8. The number of carbonyl (C=O) groups is 2. The smallest absolute Gasteiger partial charge is 0.376 e. The van der Waals surface area contributed by atoms with Gasteiger partial charge in [0.25, 0.3) is 11.6 Å². The summed E-state index contributed by atoms with van der Waals surface area (Å²) in [6.45, 7) is -0.133. The minimum absolute atomic E-state index is 0.0592. The lowest BCUT2D eigenvalue weighted by molar-refractivity contribution is -0.384. The molecule has 0 atom stereocenters. The molecule has 0 saturated heterocycles. The van der Waals surface area contributed by atoms with E-state index in [1.54, 1.807) is 18.3 Å². The van der Waals surface area contributed by atoms with Crippen molar-refractivity contribution in [1.29, 1.82) is 0 Å². The number of rotatable bonds is 7. The highest BCUT2D eigenvalue weighted by Crippen LogP contribution is 2.22. The van der Waals surface area contributed by atoms with E-state index in [4.69, 9.17) is 0 Å². The van der Waals surface area contributed by atoms with Crippen molar-refractivity contribution in [2.24, 2.45) is 0 Å². The molecule has 11 heteroatoms. The number of aryl methyl sites for hydroxylation is 1. The van der Waals surface area contributed by atoms with Gasteiger partial charge in [0.2, 0.25) is 5.91 Å². The number of carbonyl (C=O) groups excluding carboxylic acids is 2. The molecule has 0 aliphatic rings. The first-order chi connectivity index (χ1) is 13.6. The lowest BCUT2D eigenvalue weighted by Gasteiger charge is -2.14. The molecule has 154 valence electrons. The topological polar surface area (TPSA) is 113 Å². The van der Waals surface area contributed by atoms with Crippen LogP contribution in [-0.4, -0.2) is 36.0 Å². The van der Waals surface area contributed by atoms with E-state index in [-0.39, 0.29) is 29.2 Å². The predicted molar refractivity (Wildman–Crippen MR) is 99.8 cm³/mol. The van der Waals surface area contributed by atoms with Crippen molar-refractivity contribution in [3.05, 3.63) is 63.7 Å². The van der Waals surface area contributed by atoms with Crippen LogP contribution in [0.2, 0.25) is 0 Å². The summed E-state index contributed by atoms with van der Waals surface area (Å²) in [6.07, 6.45) is -4.55. The fraction of sp³-hybridized carbons (Fsp3) is 0.222. The molecule has 0 saturated carbocycles. The summed E-state index contributed by atoms with van der Waals surface area (Å²) in [7, 11) is 0. The van der Waals surface area contributed by atoms with Crippen LogP contribution in [0.5, 0.6) is 0 Å². The van der Waals surface area contributed by atoms with Crippen LogP contribution in [0.15, 0.2) is 42.5 Å². The number of non-ortho nitro benzene ring substituents is 1. The Hall–Kier alpha value is -3.63. The van der Waals surface area contributed by atoms with Crippen LogP contribution in [0.4, 0.5) is 30.2 Å². The van der Waals surface area contributed by atoms with Crippen molar-refractivity contribution in [3.8, 4) is 0 Å². The molecule has 2 amide bonds. The third-order valence-electron chi connectivity index (χ3n) is 3.77. The van der Waals surface area contributed by atoms with E-state index in [9.17, 15) is 32.9 Å². The number of anilines is 2. The van der Waals surface area contributed by atoms with Gasteiger partial charge in [0.1, 0.15) is 6.54 Å². The molecule has 0 bridgehead atoms. The maximum Gasteiger partial charge on any atom is 0.405 e.